The smallest absolute Gasteiger partial charge is 0.262 e. The number of hydrogen-bond acceptors (Lipinski definition) is 8. The molecule has 0 atom stereocenters. The third-order valence-electron chi connectivity index (χ3n) is 4.48. The molecular formula is C21H20N4O3S2. The number of thiophene rings is 1. The van der Waals surface area contributed by atoms with Crippen LogP contribution in [0.3, 0.4) is 0 Å². The Morgan fingerprint density at radius 1 is 1.13 bits per heavy atom. The van der Waals surface area contributed by atoms with E-state index in [1.165, 1.54) is 11.3 Å². The lowest BCUT2D eigenvalue weighted by Gasteiger charge is -2.05. The van der Waals surface area contributed by atoms with Gasteiger partial charge in [0, 0.05) is 18.1 Å². The minimum absolute atomic E-state index is 0.167. The van der Waals surface area contributed by atoms with Crippen LogP contribution in [0.4, 0.5) is 0 Å². The lowest BCUT2D eigenvalue weighted by atomic mass is 10.2. The van der Waals surface area contributed by atoms with Crippen molar-refractivity contribution >= 4 is 38.8 Å². The molecule has 1 aromatic carbocycles. The van der Waals surface area contributed by atoms with E-state index in [9.17, 15) is 4.79 Å². The Bertz CT molecular complexity index is 1190. The highest BCUT2D eigenvalue weighted by atomic mass is 32.1. The number of carbonyl (C=O) groups excluding carboxylic acids is 1. The van der Waals surface area contributed by atoms with Crippen molar-refractivity contribution in [2.45, 2.75) is 20.1 Å². The topological polar surface area (TPSA) is 86.2 Å². The number of rotatable bonds is 7. The van der Waals surface area contributed by atoms with Gasteiger partial charge >= 0.3 is 0 Å². The first-order valence-electron chi connectivity index (χ1n) is 9.21. The van der Waals surface area contributed by atoms with Crippen LogP contribution >= 0.6 is 22.7 Å². The van der Waals surface area contributed by atoms with Gasteiger partial charge in [0.1, 0.15) is 16.4 Å². The molecule has 1 N–H and O–H groups in total. The number of ether oxygens (including phenoxy) is 2. The number of carbonyl (C=O) groups is 1. The van der Waals surface area contributed by atoms with E-state index in [0.717, 1.165) is 27.2 Å². The average Bonchev–Trinajstić information content (AvgIpc) is 3.37. The number of fused-ring (bicyclic) bond motifs is 1. The van der Waals surface area contributed by atoms with Crippen LogP contribution in [0.5, 0.6) is 5.88 Å². The first kappa shape index (κ1) is 20.4. The fraction of sp³-hybridized carbons (Fsp3) is 0.238. The highest BCUT2D eigenvalue weighted by Gasteiger charge is 2.21. The van der Waals surface area contributed by atoms with Crippen molar-refractivity contribution in [2.24, 2.45) is 0 Å². The fourth-order valence-electron chi connectivity index (χ4n) is 3.05. The van der Waals surface area contributed by atoms with Gasteiger partial charge < -0.3 is 14.8 Å². The third kappa shape index (κ3) is 4.04. The quantitative estimate of drug-likeness (QED) is 0.463. The molecule has 0 aliphatic rings. The van der Waals surface area contributed by atoms with E-state index in [-0.39, 0.29) is 12.5 Å². The summed E-state index contributed by atoms with van der Waals surface area (Å²) in [5.41, 5.74) is 2.69. The number of benzene rings is 1. The van der Waals surface area contributed by atoms with Gasteiger partial charge in [0.15, 0.2) is 5.82 Å². The van der Waals surface area contributed by atoms with E-state index in [2.05, 4.69) is 20.3 Å². The molecule has 4 rings (SSSR count). The van der Waals surface area contributed by atoms with E-state index in [4.69, 9.17) is 9.47 Å². The molecule has 0 saturated heterocycles. The summed E-state index contributed by atoms with van der Waals surface area (Å²) < 4.78 is 10.5. The second kappa shape index (κ2) is 8.86. The summed E-state index contributed by atoms with van der Waals surface area (Å²) in [4.78, 5) is 27.7. The van der Waals surface area contributed by atoms with E-state index < -0.39 is 0 Å². The van der Waals surface area contributed by atoms with Gasteiger partial charge in [-0.15, -0.1) is 22.7 Å². The molecule has 7 nitrogen and oxygen atoms in total. The van der Waals surface area contributed by atoms with Crippen LogP contribution in [0.2, 0.25) is 0 Å². The second-order valence-electron chi connectivity index (χ2n) is 6.51. The van der Waals surface area contributed by atoms with Crippen molar-refractivity contribution in [3.8, 4) is 16.5 Å². The maximum Gasteiger partial charge on any atom is 0.262 e. The predicted octanol–water partition coefficient (Wildman–Crippen LogP) is 4.21. The summed E-state index contributed by atoms with van der Waals surface area (Å²) in [5, 5.41) is 6.62. The van der Waals surface area contributed by atoms with Gasteiger partial charge in [-0.3, -0.25) is 4.79 Å². The number of hydrogen-bond donors (Lipinski definition) is 1. The summed E-state index contributed by atoms with van der Waals surface area (Å²) in [7, 11) is 3.14. The fourth-order valence-corrected chi connectivity index (χ4v) is 4.99. The maximum atomic E-state index is 12.9. The Hall–Kier alpha value is -2.88. The van der Waals surface area contributed by atoms with Gasteiger partial charge in [-0.05, 0) is 12.5 Å². The molecule has 0 saturated carbocycles. The highest BCUT2D eigenvalue weighted by Crippen LogP contribution is 2.35. The van der Waals surface area contributed by atoms with Crippen molar-refractivity contribution in [1.29, 1.82) is 0 Å². The molecule has 0 aliphatic heterocycles. The minimum Gasteiger partial charge on any atom is -0.480 e. The Morgan fingerprint density at radius 3 is 2.67 bits per heavy atom. The van der Waals surface area contributed by atoms with E-state index in [1.54, 1.807) is 25.6 Å². The number of aromatic nitrogens is 3. The molecule has 30 heavy (non-hydrogen) atoms. The summed E-state index contributed by atoms with van der Waals surface area (Å²) >= 11 is 2.88. The Morgan fingerprint density at radius 2 is 1.93 bits per heavy atom. The standard InChI is InChI=1S/C21H20N4O3S2/c1-12-16-19(28-3)24-15(10-27-2)25-21(16)30-17(12)18(26)22-9-14-11-29-20(23-14)13-7-5-4-6-8-13/h4-8,11H,9-10H2,1-3H3,(H,22,26). The normalized spacial score (nSPS) is 11.0. The molecule has 9 heteroatoms. The van der Waals surface area contributed by atoms with Crippen molar-refractivity contribution in [2.75, 3.05) is 14.2 Å². The van der Waals surface area contributed by atoms with Gasteiger partial charge in [0.2, 0.25) is 5.88 Å². The number of amides is 1. The van der Waals surface area contributed by atoms with Crippen LogP contribution in [0.1, 0.15) is 26.8 Å². The van der Waals surface area contributed by atoms with E-state index in [0.29, 0.717) is 28.0 Å². The van der Waals surface area contributed by atoms with Gasteiger partial charge in [-0.1, -0.05) is 30.3 Å². The summed E-state index contributed by atoms with van der Waals surface area (Å²) in [6.07, 6.45) is 0. The molecule has 0 aliphatic carbocycles. The van der Waals surface area contributed by atoms with Gasteiger partial charge in [-0.2, -0.15) is 4.98 Å². The van der Waals surface area contributed by atoms with E-state index >= 15 is 0 Å². The van der Waals surface area contributed by atoms with Crippen LogP contribution < -0.4 is 10.1 Å². The zero-order valence-corrected chi connectivity index (χ0v) is 18.4. The molecule has 0 spiro atoms. The summed E-state index contributed by atoms with van der Waals surface area (Å²) in [5.74, 6) is 0.804. The Balaban J connectivity index is 1.54. The highest BCUT2D eigenvalue weighted by molar-refractivity contribution is 7.20. The molecule has 0 unspecified atom stereocenters. The lowest BCUT2D eigenvalue weighted by molar-refractivity contribution is 0.0954. The molecule has 0 fully saturated rings. The minimum atomic E-state index is -0.167. The van der Waals surface area contributed by atoms with Crippen molar-refractivity contribution in [1.82, 2.24) is 20.3 Å². The number of nitrogens with one attached hydrogen (secondary N) is 1. The van der Waals surface area contributed by atoms with Gasteiger partial charge in [-0.25, -0.2) is 9.97 Å². The SMILES string of the molecule is COCc1nc(OC)c2c(C)c(C(=O)NCc3csc(-c4ccccc4)n3)sc2n1. The van der Waals surface area contributed by atoms with Gasteiger partial charge in [0.25, 0.3) is 5.91 Å². The van der Waals surface area contributed by atoms with Crippen LogP contribution in [-0.4, -0.2) is 35.1 Å². The molecule has 154 valence electrons. The van der Waals surface area contributed by atoms with Gasteiger partial charge in [0.05, 0.1) is 29.6 Å². The van der Waals surface area contributed by atoms with Crippen LogP contribution in [0.25, 0.3) is 20.8 Å². The Kier molecular flexibility index (Phi) is 6.03. The lowest BCUT2D eigenvalue weighted by Crippen LogP contribution is -2.22. The molecule has 0 bridgehead atoms. The van der Waals surface area contributed by atoms with Crippen LogP contribution in [0.15, 0.2) is 35.7 Å². The van der Waals surface area contributed by atoms with Crippen LogP contribution in [0, 0.1) is 6.92 Å². The molecule has 4 aromatic rings. The first-order valence-corrected chi connectivity index (χ1v) is 10.9. The number of methoxy groups -OCH3 is 2. The third-order valence-corrected chi connectivity index (χ3v) is 6.60. The predicted molar refractivity (Wildman–Crippen MR) is 118 cm³/mol. The molecule has 3 heterocycles. The van der Waals surface area contributed by atoms with Crippen molar-refractivity contribution in [3.05, 3.63) is 57.7 Å². The molecule has 0 radical (unpaired) electrons. The van der Waals surface area contributed by atoms with Crippen LogP contribution in [-0.2, 0) is 17.9 Å². The number of aryl methyl sites for hydroxylation is 1. The summed E-state index contributed by atoms with van der Waals surface area (Å²) in [6.45, 7) is 2.51. The first-order chi connectivity index (χ1) is 14.6. The zero-order valence-electron chi connectivity index (χ0n) is 16.8. The molecular weight excluding hydrogens is 420 g/mol. The second-order valence-corrected chi connectivity index (χ2v) is 8.37. The maximum absolute atomic E-state index is 12.9. The number of nitrogens with zero attached hydrogens (tertiary/aromatic N) is 3. The average molecular weight is 441 g/mol. The van der Waals surface area contributed by atoms with Crippen molar-refractivity contribution < 1.29 is 14.3 Å². The van der Waals surface area contributed by atoms with Crippen molar-refractivity contribution in [3.63, 3.8) is 0 Å². The molecule has 3 aromatic heterocycles. The largest absolute Gasteiger partial charge is 0.480 e. The molecule has 1 amide bonds. The Labute approximate surface area is 181 Å². The summed E-state index contributed by atoms with van der Waals surface area (Å²) in [6, 6.07) is 9.99. The number of thiazole rings is 1. The zero-order chi connectivity index (χ0) is 21.1. The monoisotopic (exact) mass is 440 g/mol. The van der Waals surface area contributed by atoms with E-state index in [1.807, 2.05) is 42.6 Å².